The molecular formula is C26H22FN2+. The van der Waals surface area contributed by atoms with Crippen LogP contribution in [0, 0.1) is 33.5 Å². The van der Waals surface area contributed by atoms with Crippen molar-refractivity contribution in [2.75, 3.05) is 0 Å². The molecule has 6 aromatic rings. The highest BCUT2D eigenvalue weighted by atomic mass is 19.1. The molecule has 0 bridgehead atoms. The van der Waals surface area contributed by atoms with E-state index in [4.69, 9.17) is 0 Å². The van der Waals surface area contributed by atoms with Crippen LogP contribution in [0.1, 0.15) is 22.3 Å². The smallest absolute Gasteiger partial charge is 0.224 e. The van der Waals surface area contributed by atoms with E-state index < -0.39 is 0 Å². The Morgan fingerprint density at radius 1 is 0.828 bits per heavy atom. The fourth-order valence-corrected chi connectivity index (χ4v) is 5.31. The van der Waals surface area contributed by atoms with E-state index in [-0.39, 0.29) is 5.82 Å². The van der Waals surface area contributed by atoms with E-state index in [2.05, 4.69) is 68.0 Å². The second-order valence-electron chi connectivity index (χ2n) is 8.54. The number of hydrogen-bond donors (Lipinski definition) is 0. The van der Waals surface area contributed by atoms with Gasteiger partial charge in [-0.2, -0.15) is 0 Å². The predicted molar refractivity (Wildman–Crippen MR) is 119 cm³/mol. The van der Waals surface area contributed by atoms with Crippen LogP contribution in [0.25, 0.3) is 49.0 Å². The molecule has 3 aromatic heterocycles. The van der Waals surface area contributed by atoms with Crippen molar-refractivity contribution in [1.82, 2.24) is 4.40 Å². The Balaban J connectivity index is 2.17. The molecule has 3 aromatic carbocycles. The summed E-state index contributed by atoms with van der Waals surface area (Å²) in [7, 11) is 2.09. The molecule has 29 heavy (non-hydrogen) atoms. The normalized spacial score (nSPS) is 12.5. The lowest BCUT2D eigenvalue weighted by Gasteiger charge is -2.16. The Bertz CT molecular complexity index is 1650. The quantitative estimate of drug-likeness (QED) is 0.168. The molecule has 0 saturated carbocycles. The van der Waals surface area contributed by atoms with Crippen LogP contribution in [-0.2, 0) is 7.05 Å². The van der Waals surface area contributed by atoms with Gasteiger partial charge in [-0.1, -0.05) is 17.7 Å². The summed E-state index contributed by atoms with van der Waals surface area (Å²) in [6, 6.07) is 12.4. The van der Waals surface area contributed by atoms with E-state index in [1.807, 2.05) is 12.3 Å². The Kier molecular flexibility index (Phi) is 3.02. The zero-order valence-corrected chi connectivity index (χ0v) is 17.3. The standard InChI is InChI=1S/C26H22FN2/c1-13-6-7-20-18(10-13)23-19(27)12-17-8-9-28(5)25-21-16(4)14(2)11-15(3)24(21)29(20)26(23)22(17)25/h6-12H,1-5H3/q+1. The average Bonchev–Trinajstić information content (AvgIpc) is 3.01. The second kappa shape index (κ2) is 5.24. The van der Waals surface area contributed by atoms with Gasteiger partial charge < -0.3 is 4.40 Å². The van der Waals surface area contributed by atoms with Gasteiger partial charge in [-0.15, -0.1) is 0 Å². The van der Waals surface area contributed by atoms with Crippen molar-refractivity contribution < 1.29 is 8.96 Å². The molecule has 0 saturated heterocycles. The molecule has 6 rings (SSSR count). The fraction of sp³-hybridized carbons (Fsp3) is 0.192. The Labute approximate surface area is 168 Å². The number of halogens is 1. The van der Waals surface area contributed by atoms with Crippen LogP contribution in [0.2, 0.25) is 0 Å². The van der Waals surface area contributed by atoms with Crippen LogP contribution in [0.3, 0.4) is 0 Å². The maximum absolute atomic E-state index is 15.4. The van der Waals surface area contributed by atoms with Gasteiger partial charge in [0.05, 0.1) is 27.3 Å². The Morgan fingerprint density at radius 3 is 2.41 bits per heavy atom. The van der Waals surface area contributed by atoms with Crippen LogP contribution in [0.4, 0.5) is 4.39 Å². The first-order valence-electron chi connectivity index (χ1n) is 10.1. The molecule has 0 aliphatic carbocycles. The lowest BCUT2D eigenvalue weighted by molar-refractivity contribution is -0.643. The summed E-state index contributed by atoms with van der Waals surface area (Å²) in [4.78, 5) is 0. The number of pyridine rings is 2. The van der Waals surface area contributed by atoms with Gasteiger partial charge in [-0.25, -0.2) is 8.96 Å². The van der Waals surface area contributed by atoms with Crippen LogP contribution in [0.5, 0.6) is 0 Å². The molecule has 0 radical (unpaired) electrons. The molecule has 142 valence electrons. The molecule has 0 unspecified atom stereocenters. The second-order valence-corrected chi connectivity index (χ2v) is 8.54. The monoisotopic (exact) mass is 381 g/mol. The number of benzene rings is 3. The molecule has 3 heterocycles. The van der Waals surface area contributed by atoms with E-state index in [0.717, 1.165) is 38.1 Å². The first-order valence-corrected chi connectivity index (χ1v) is 10.1. The summed E-state index contributed by atoms with van der Waals surface area (Å²) in [6.07, 6.45) is 2.05. The van der Waals surface area contributed by atoms with Gasteiger partial charge in [0.15, 0.2) is 6.20 Å². The summed E-state index contributed by atoms with van der Waals surface area (Å²) in [5, 5.41) is 5.07. The van der Waals surface area contributed by atoms with Crippen LogP contribution >= 0.6 is 0 Å². The third-order valence-electron chi connectivity index (χ3n) is 6.71. The highest BCUT2D eigenvalue weighted by Crippen LogP contribution is 2.43. The minimum Gasteiger partial charge on any atom is -0.307 e. The van der Waals surface area contributed by atoms with Gasteiger partial charge in [0.1, 0.15) is 12.9 Å². The molecule has 0 N–H and O–H groups in total. The summed E-state index contributed by atoms with van der Waals surface area (Å²) in [5.74, 6) is -0.147. The summed E-state index contributed by atoms with van der Waals surface area (Å²) >= 11 is 0. The van der Waals surface area contributed by atoms with E-state index in [0.29, 0.717) is 0 Å². The van der Waals surface area contributed by atoms with E-state index in [1.165, 1.54) is 33.1 Å². The minimum atomic E-state index is -0.147. The fourth-order valence-electron chi connectivity index (χ4n) is 5.31. The van der Waals surface area contributed by atoms with Gasteiger partial charge in [0.25, 0.3) is 0 Å². The third-order valence-corrected chi connectivity index (χ3v) is 6.71. The number of aromatic nitrogens is 2. The summed E-state index contributed by atoms with van der Waals surface area (Å²) in [6.45, 7) is 8.62. The maximum atomic E-state index is 15.4. The van der Waals surface area contributed by atoms with Crippen molar-refractivity contribution >= 4 is 49.0 Å². The third kappa shape index (κ3) is 1.88. The Hall–Kier alpha value is -3.20. The highest BCUT2D eigenvalue weighted by molar-refractivity contribution is 6.27. The van der Waals surface area contributed by atoms with E-state index >= 15 is 4.39 Å². The number of fused-ring (bicyclic) bond motifs is 6. The zero-order chi connectivity index (χ0) is 20.2. The van der Waals surface area contributed by atoms with Gasteiger partial charge in [-0.05, 0) is 68.0 Å². The number of aryl methyl sites for hydroxylation is 5. The molecule has 0 amide bonds. The van der Waals surface area contributed by atoms with E-state index in [9.17, 15) is 0 Å². The largest absolute Gasteiger partial charge is 0.307 e. The SMILES string of the molecule is Cc1ccc2c(c1)c1c(F)cc3cc[n+](C)c4c5c(C)c(C)cc(C)c5n2c1c34. The van der Waals surface area contributed by atoms with Gasteiger partial charge in [0, 0.05) is 16.8 Å². The van der Waals surface area contributed by atoms with Crippen molar-refractivity contribution in [2.24, 2.45) is 7.05 Å². The van der Waals surface area contributed by atoms with Crippen molar-refractivity contribution in [1.29, 1.82) is 0 Å². The van der Waals surface area contributed by atoms with Gasteiger partial charge in [-0.3, -0.25) is 0 Å². The molecule has 0 fully saturated rings. The number of rotatable bonds is 0. The summed E-state index contributed by atoms with van der Waals surface area (Å²) < 4.78 is 19.9. The topological polar surface area (TPSA) is 8.29 Å². The van der Waals surface area contributed by atoms with Crippen LogP contribution in [0.15, 0.2) is 42.6 Å². The molecule has 2 nitrogen and oxygen atoms in total. The van der Waals surface area contributed by atoms with Crippen LogP contribution < -0.4 is 4.57 Å². The number of hydrogen-bond acceptors (Lipinski definition) is 0. The van der Waals surface area contributed by atoms with Crippen molar-refractivity contribution in [3.05, 3.63) is 70.7 Å². The van der Waals surface area contributed by atoms with Crippen molar-refractivity contribution in [2.45, 2.75) is 27.7 Å². The molecular weight excluding hydrogens is 359 g/mol. The minimum absolute atomic E-state index is 0.147. The highest BCUT2D eigenvalue weighted by Gasteiger charge is 2.27. The lowest BCUT2D eigenvalue weighted by Crippen LogP contribution is -2.29. The zero-order valence-electron chi connectivity index (χ0n) is 17.3. The predicted octanol–water partition coefficient (Wildman–Crippen LogP) is 6.19. The summed E-state index contributed by atoms with van der Waals surface area (Å²) in [5.41, 5.74) is 9.35. The molecule has 0 aliphatic rings. The van der Waals surface area contributed by atoms with Crippen LogP contribution in [-0.4, -0.2) is 4.40 Å². The van der Waals surface area contributed by atoms with Gasteiger partial charge >= 0.3 is 0 Å². The maximum Gasteiger partial charge on any atom is 0.224 e. The first-order chi connectivity index (χ1) is 13.9. The number of nitrogens with zero attached hydrogens (tertiary/aromatic N) is 2. The molecule has 3 heteroatoms. The molecule has 0 atom stereocenters. The van der Waals surface area contributed by atoms with E-state index in [1.54, 1.807) is 6.07 Å². The molecule has 0 aliphatic heterocycles. The molecule has 0 spiro atoms. The van der Waals surface area contributed by atoms with Crippen molar-refractivity contribution in [3.63, 3.8) is 0 Å². The average molecular weight is 381 g/mol. The van der Waals surface area contributed by atoms with Crippen molar-refractivity contribution in [3.8, 4) is 0 Å². The lowest BCUT2D eigenvalue weighted by atomic mass is 9.95. The first kappa shape index (κ1) is 16.7. The Morgan fingerprint density at radius 2 is 1.62 bits per heavy atom. The van der Waals surface area contributed by atoms with Gasteiger partial charge in [0.2, 0.25) is 5.52 Å².